The van der Waals surface area contributed by atoms with Crippen LogP contribution in [0.25, 0.3) is 0 Å². The Morgan fingerprint density at radius 3 is 2.44 bits per heavy atom. The molecule has 0 spiro atoms. The van der Waals surface area contributed by atoms with Crippen LogP contribution in [0.5, 0.6) is 0 Å². The minimum atomic E-state index is -3.93. The van der Waals surface area contributed by atoms with Crippen LogP contribution in [0.1, 0.15) is 18.9 Å². The van der Waals surface area contributed by atoms with E-state index in [1.807, 2.05) is 6.92 Å². The molecule has 2 N–H and O–H groups in total. The molecule has 2 aromatic carbocycles. The molecule has 0 atom stereocenters. The van der Waals surface area contributed by atoms with E-state index in [0.717, 1.165) is 11.6 Å². The smallest absolute Gasteiger partial charge is 0.286 e. The Labute approximate surface area is 146 Å². The summed E-state index contributed by atoms with van der Waals surface area (Å²) in [5.74, 6) is 0.320. The molecule has 7 nitrogen and oxygen atoms in total. The highest BCUT2D eigenvalue weighted by molar-refractivity contribution is 7.93. The van der Waals surface area contributed by atoms with E-state index in [2.05, 4.69) is 14.4 Å². The van der Waals surface area contributed by atoms with Crippen molar-refractivity contribution >= 4 is 37.3 Å². The fourth-order valence-corrected chi connectivity index (χ4v) is 4.74. The summed E-state index contributed by atoms with van der Waals surface area (Å²) in [5, 5.41) is 2.89. The maximum Gasteiger partial charge on any atom is 0.286 e. The van der Waals surface area contributed by atoms with Gasteiger partial charge in [-0.25, -0.2) is 8.42 Å². The van der Waals surface area contributed by atoms with Gasteiger partial charge in [-0.05, 0) is 37.3 Å². The predicted octanol–water partition coefficient (Wildman–Crippen LogP) is 2.72. The van der Waals surface area contributed by atoms with Crippen molar-refractivity contribution in [2.75, 3.05) is 10.0 Å². The van der Waals surface area contributed by atoms with Gasteiger partial charge in [-0.3, -0.25) is 4.72 Å². The third-order valence-corrected chi connectivity index (χ3v) is 6.42. The minimum absolute atomic E-state index is 0.146. The fraction of sp³-hybridized carbons (Fsp3) is 0.188. The topological polar surface area (TPSA) is 105 Å². The maximum atomic E-state index is 12.5. The third kappa shape index (κ3) is 3.52. The van der Waals surface area contributed by atoms with Crippen LogP contribution in [0.3, 0.4) is 0 Å². The van der Waals surface area contributed by atoms with Crippen molar-refractivity contribution in [3.63, 3.8) is 0 Å². The molecular weight excluding hydrogens is 362 g/mol. The van der Waals surface area contributed by atoms with Crippen LogP contribution in [0, 0.1) is 6.92 Å². The molecule has 0 radical (unpaired) electrons. The van der Waals surface area contributed by atoms with Gasteiger partial charge in [-0.15, -0.1) is 4.40 Å². The van der Waals surface area contributed by atoms with E-state index in [4.69, 9.17) is 0 Å². The first-order chi connectivity index (χ1) is 11.7. The van der Waals surface area contributed by atoms with Crippen molar-refractivity contribution in [3.05, 3.63) is 48.0 Å². The number of benzene rings is 2. The highest BCUT2D eigenvalue weighted by Crippen LogP contribution is 2.30. The summed E-state index contributed by atoms with van der Waals surface area (Å²) in [5.41, 5.74) is 1.72. The largest absolute Gasteiger partial charge is 0.342 e. The second-order valence-electron chi connectivity index (χ2n) is 5.62. The summed E-state index contributed by atoms with van der Waals surface area (Å²) >= 11 is 0. The maximum absolute atomic E-state index is 12.5. The van der Waals surface area contributed by atoms with Crippen LogP contribution in [0.4, 0.5) is 11.4 Å². The van der Waals surface area contributed by atoms with Crippen molar-refractivity contribution in [3.8, 4) is 0 Å². The van der Waals surface area contributed by atoms with Gasteiger partial charge < -0.3 is 5.32 Å². The summed E-state index contributed by atoms with van der Waals surface area (Å²) < 4.78 is 55.7. The van der Waals surface area contributed by atoms with Gasteiger partial charge in [0, 0.05) is 12.1 Å². The molecule has 0 bridgehead atoms. The molecule has 1 aliphatic rings. The number of fused-ring (bicyclic) bond motifs is 1. The summed E-state index contributed by atoms with van der Waals surface area (Å²) in [6.07, 6.45) is 0.424. The summed E-state index contributed by atoms with van der Waals surface area (Å²) in [6.45, 7) is 3.67. The molecule has 25 heavy (non-hydrogen) atoms. The standard InChI is InChI=1S/C16H17N3O4S2/c1-3-16-17-14-9-8-13(10-15(14)25(22,23)19-16)24(20,21)18-12-6-4-11(2)5-7-12/h4-10,18H,3H2,1-2H3,(H,17,19). The van der Waals surface area contributed by atoms with E-state index in [-0.39, 0.29) is 9.79 Å². The first kappa shape index (κ1) is 17.4. The molecule has 9 heteroatoms. The molecule has 0 aromatic heterocycles. The average Bonchev–Trinajstić information content (AvgIpc) is 2.55. The third-order valence-electron chi connectivity index (χ3n) is 3.69. The number of nitrogens with one attached hydrogen (secondary N) is 2. The van der Waals surface area contributed by atoms with Gasteiger partial charge in [0.05, 0.1) is 10.6 Å². The highest BCUT2D eigenvalue weighted by Gasteiger charge is 2.27. The zero-order valence-corrected chi connectivity index (χ0v) is 15.3. The fourth-order valence-electron chi connectivity index (χ4n) is 2.35. The number of sulfonamides is 2. The van der Waals surface area contributed by atoms with E-state index in [1.54, 1.807) is 31.2 Å². The van der Waals surface area contributed by atoms with E-state index >= 15 is 0 Å². The Morgan fingerprint density at radius 2 is 1.80 bits per heavy atom. The number of hydrogen-bond donors (Lipinski definition) is 2. The van der Waals surface area contributed by atoms with Crippen LogP contribution >= 0.6 is 0 Å². The van der Waals surface area contributed by atoms with Crippen molar-refractivity contribution in [2.24, 2.45) is 4.40 Å². The average molecular weight is 379 g/mol. The number of anilines is 2. The summed E-state index contributed by atoms with van der Waals surface area (Å²) in [6, 6.07) is 10.7. The quantitative estimate of drug-likeness (QED) is 0.850. The van der Waals surface area contributed by atoms with E-state index in [1.165, 1.54) is 12.1 Å². The first-order valence-corrected chi connectivity index (χ1v) is 10.5. The van der Waals surface area contributed by atoms with Crippen LogP contribution in [0.2, 0.25) is 0 Å². The van der Waals surface area contributed by atoms with Crippen LogP contribution in [-0.4, -0.2) is 22.7 Å². The molecule has 0 saturated carbocycles. The van der Waals surface area contributed by atoms with Crippen molar-refractivity contribution < 1.29 is 16.8 Å². The Balaban J connectivity index is 1.99. The summed E-state index contributed by atoms with van der Waals surface area (Å²) in [4.78, 5) is -0.302. The molecule has 0 fully saturated rings. The number of aryl methyl sites for hydroxylation is 1. The normalized spacial score (nSPS) is 15.7. The van der Waals surface area contributed by atoms with Gasteiger partial charge in [-0.2, -0.15) is 8.42 Å². The summed E-state index contributed by atoms with van der Waals surface area (Å²) in [7, 11) is -7.85. The molecule has 2 aromatic rings. The minimum Gasteiger partial charge on any atom is -0.342 e. The molecule has 1 heterocycles. The zero-order valence-electron chi connectivity index (χ0n) is 13.6. The SMILES string of the molecule is CCC1=NS(=O)(=O)c2cc(S(=O)(=O)Nc3ccc(C)cc3)ccc2N1. The van der Waals surface area contributed by atoms with E-state index in [9.17, 15) is 16.8 Å². The monoisotopic (exact) mass is 379 g/mol. The molecule has 0 aliphatic carbocycles. The lowest BCUT2D eigenvalue weighted by molar-refractivity contribution is 0.597. The Bertz CT molecular complexity index is 1060. The Hall–Kier alpha value is -2.39. The van der Waals surface area contributed by atoms with Gasteiger partial charge in [0.2, 0.25) is 0 Å². The van der Waals surface area contributed by atoms with Crippen molar-refractivity contribution in [2.45, 2.75) is 30.1 Å². The number of nitrogens with zero attached hydrogens (tertiary/aromatic N) is 1. The van der Waals surface area contributed by atoms with Crippen molar-refractivity contribution in [1.82, 2.24) is 0 Å². The van der Waals surface area contributed by atoms with Crippen LogP contribution in [-0.2, 0) is 20.0 Å². The lowest BCUT2D eigenvalue weighted by Crippen LogP contribution is -2.21. The molecule has 132 valence electrons. The van der Waals surface area contributed by atoms with Gasteiger partial charge in [-0.1, -0.05) is 24.6 Å². The van der Waals surface area contributed by atoms with Crippen molar-refractivity contribution in [1.29, 1.82) is 0 Å². The molecular formula is C16H17N3O4S2. The predicted molar refractivity (Wildman–Crippen MR) is 97.0 cm³/mol. The van der Waals surface area contributed by atoms with Gasteiger partial charge in [0.25, 0.3) is 20.0 Å². The van der Waals surface area contributed by atoms with E-state index in [0.29, 0.717) is 23.6 Å². The van der Waals surface area contributed by atoms with Gasteiger partial charge in [0.15, 0.2) is 0 Å². The van der Waals surface area contributed by atoms with Gasteiger partial charge >= 0.3 is 0 Å². The molecule has 0 unspecified atom stereocenters. The lowest BCUT2D eigenvalue weighted by Gasteiger charge is -2.18. The molecule has 0 saturated heterocycles. The van der Waals surface area contributed by atoms with E-state index < -0.39 is 20.0 Å². The highest BCUT2D eigenvalue weighted by atomic mass is 32.2. The number of hydrogen-bond acceptors (Lipinski definition) is 5. The van der Waals surface area contributed by atoms with Gasteiger partial charge in [0.1, 0.15) is 10.7 Å². The second-order valence-corrected chi connectivity index (χ2v) is 8.88. The molecule has 3 rings (SSSR count). The lowest BCUT2D eigenvalue weighted by atomic mass is 10.2. The Morgan fingerprint density at radius 1 is 1.12 bits per heavy atom. The number of amidine groups is 1. The van der Waals surface area contributed by atoms with Crippen LogP contribution in [0.15, 0.2) is 56.7 Å². The Kier molecular flexibility index (Phi) is 4.29. The molecule has 1 aliphatic heterocycles. The van der Waals surface area contributed by atoms with Crippen LogP contribution < -0.4 is 10.0 Å². The zero-order chi connectivity index (χ0) is 18.2. The second kappa shape index (κ2) is 6.16. The first-order valence-electron chi connectivity index (χ1n) is 7.56. The number of rotatable bonds is 4. The molecule has 0 amide bonds.